The van der Waals surface area contributed by atoms with Crippen LogP contribution in [0.3, 0.4) is 0 Å². The SMILES string of the molecule is CCOc1ccc(Cl)cc1NC(=O)c1cc2ccccc2c(N=Nc2cc(S(=O)(=O)O)cc(Cl)c2C)c1O. The standard InChI is InChI=1S/C26H21Cl2N3O6S/c1-3-37-23-9-8-16(27)11-22(23)29-26(33)19-10-15-6-4-5-7-18(15)24(25(19)32)31-30-21-13-17(38(34,35)36)12-20(28)14(21)2/h4-13,32H,3H2,1-2H3,(H,29,33)(H,34,35,36). The first-order valence-corrected chi connectivity index (χ1v) is 13.4. The normalized spacial score (nSPS) is 11.7. The van der Waals surface area contributed by atoms with Crippen LogP contribution in [-0.2, 0) is 10.1 Å². The van der Waals surface area contributed by atoms with Crippen LogP contribution in [0.5, 0.6) is 11.5 Å². The second-order valence-electron chi connectivity index (χ2n) is 8.09. The fourth-order valence-corrected chi connectivity index (χ4v) is 4.64. The molecule has 38 heavy (non-hydrogen) atoms. The highest BCUT2D eigenvalue weighted by molar-refractivity contribution is 7.85. The number of hydrogen-bond donors (Lipinski definition) is 3. The smallest absolute Gasteiger partial charge is 0.294 e. The molecule has 4 rings (SSSR count). The number of halogens is 2. The zero-order valence-corrected chi connectivity index (χ0v) is 22.4. The topological polar surface area (TPSA) is 138 Å². The van der Waals surface area contributed by atoms with E-state index >= 15 is 0 Å². The van der Waals surface area contributed by atoms with Crippen molar-refractivity contribution in [1.29, 1.82) is 0 Å². The number of rotatable bonds is 7. The minimum Gasteiger partial charge on any atom is -0.505 e. The Labute approximate surface area is 228 Å². The molecule has 0 bridgehead atoms. The maximum Gasteiger partial charge on any atom is 0.294 e. The Morgan fingerprint density at radius 2 is 1.79 bits per heavy atom. The molecule has 9 nitrogen and oxygen atoms in total. The third kappa shape index (κ3) is 5.73. The monoisotopic (exact) mass is 573 g/mol. The highest BCUT2D eigenvalue weighted by Gasteiger charge is 2.20. The minimum absolute atomic E-state index is 0.0304. The van der Waals surface area contributed by atoms with E-state index in [1.807, 2.05) is 0 Å². The summed E-state index contributed by atoms with van der Waals surface area (Å²) in [5, 5.41) is 23.6. The predicted octanol–water partition coefficient (Wildman–Crippen LogP) is 7.47. The molecule has 0 saturated carbocycles. The van der Waals surface area contributed by atoms with E-state index in [9.17, 15) is 22.9 Å². The van der Waals surface area contributed by atoms with Crippen LogP contribution in [-0.4, -0.2) is 30.6 Å². The summed E-state index contributed by atoms with van der Waals surface area (Å²) in [6.45, 7) is 3.75. The first-order valence-electron chi connectivity index (χ1n) is 11.2. The highest BCUT2D eigenvalue weighted by Crippen LogP contribution is 2.41. The number of azo groups is 1. The van der Waals surface area contributed by atoms with Gasteiger partial charge in [0.2, 0.25) is 0 Å². The summed E-state index contributed by atoms with van der Waals surface area (Å²) in [6, 6.07) is 15.4. The lowest BCUT2D eigenvalue weighted by Crippen LogP contribution is -2.13. The van der Waals surface area contributed by atoms with E-state index in [2.05, 4.69) is 15.5 Å². The van der Waals surface area contributed by atoms with Crippen molar-refractivity contribution in [2.45, 2.75) is 18.7 Å². The number of hydrogen-bond acceptors (Lipinski definition) is 7. The number of benzene rings is 4. The van der Waals surface area contributed by atoms with Crippen molar-refractivity contribution in [2.75, 3.05) is 11.9 Å². The average molecular weight is 574 g/mol. The van der Waals surface area contributed by atoms with Crippen LogP contribution in [0, 0.1) is 6.92 Å². The van der Waals surface area contributed by atoms with Crippen LogP contribution < -0.4 is 10.1 Å². The van der Waals surface area contributed by atoms with Gasteiger partial charge in [-0.25, -0.2) is 0 Å². The maximum absolute atomic E-state index is 13.3. The fourth-order valence-electron chi connectivity index (χ4n) is 3.66. The Hall–Kier alpha value is -3.70. The lowest BCUT2D eigenvalue weighted by Gasteiger charge is -2.14. The van der Waals surface area contributed by atoms with Gasteiger partial charge in [-0.1, -0.05) is 47.5 Å². The number of carbonyl (C=O) groups is 1. The molecule has 0 aliphatic rings. The fraction of sp³-hybridized carbons (Fsp3) is 0.115. The van der Waals surface area contributed by atoms with Crippen molar-refractivity contribution in [3.8, 4) is 11.5 Å². The lowest BCUT2D eigenvalue weighted by molar-refractivity contribution is 0.102. The molecule has 0 aromatic heterocycles. The van der Waals surface area contributed by atoms with Crippen molar-refractivity contribution >= 4 is 67.1 Å². The molecule has 12 heteroatoms. The largest absolute Gasteiger partial charge is 0.505 e. The Morgan fingerprint density at radius 3 is 2.50 bits per heavy atom. The Balaban J connectivity index is 1.82. The molecule has 1 amide bonds. The van der Waals surface area contributed by atoms with Gasteiger partial charge in [-0.3, -0.25) is 9.35 Å². The Kier molecular flexibility index (Phi) is 7.89. The molecule has 0 aliphatic carbocycles. The van der Waals surface area contributed by atoms with Gasteiger partial charge in [0.25, 0.3) is 16.0 Å². The van der Waals surface area contributed by atoms with Crippen LogP contribution in [0.25, 0.3) is 10.8 Å². The second kappa shape index (κ2) is 11.0. The van der Waals surface area contributed by atoms with Gasteiger partial charge in [-0.15, -0.1) is 5.11 Å². The van der Waals surface area contributed by atoms with E-state index in [1.165, 1.54) is 12.1 Å². The van der Waals surface area contributed by atoms with Crippen molar-refractivity contribution in [3.63, 3.8) is 0 Å². The van der Waals surface area contributed by atoms with Crippen molar-refractivity contribution < 1.29 is 27.6 Å². The summed E-state index contributed by atoms with van der Waals surface area (Å²) in [5.41, 5.74) is 0.625. The molecule has 4 aromatic rings. The summed E-state index contributed by atoms with van der Waals surface area (Å²) in [5.74, 6) is -0.711. The number of anilines is 1. The van der Waals surface area contributed by atoms with E-state index in [0.717, 1.165) is 12.1 Å². The van der Waals surface area contributed by atoms with Gasteiger partial charge in [0, 0.05) is 15.4 Å². The third-order valence-electron chi connectivity index (χ3n) is 5.58. The number of phenols is 1. The molecule has 0 heterocycles. The molecule has 0 spiro atoms. The first-order chi connectivity index (χ1) is 18.0. The van der Waals surface area contributed by atoms with Crippen molar-refractivity contribution in [3.05, 3.63) is 81.8 Å². The van der Waals surface area contributed by atoms with E-state index in [4.69, 9.17) is 27.9 Å². The van der Waals surface area contributed by atoms with Gasteiger partial charge in [-0.2, -0.15) is 13.5 Å². The summed E-state index contributed by atoms with van der Waals surface area (Å²) < 4.78 is 38.2. The molecule has 0 radical (unpaired) electrons. The molecule has 0 unspecified atom stereocenters. The zero-order chi connectivity index (χ0) is 27.6. The van der Waals surface area contributed by atoms with E-state index in [0.29, 0.717) is 39.4 Å². The average Bonchev–Trinajstić information content (AvgIpc) is 2.86. The molecule has 4 aromatic carbocycles. The van der Waals surface area contributed by atoms with Gasteiger partial charge in [-0.05, 0) is 61.2 Å². The number of ether oxygens (including phenoxy) is 1. The molecule has 0 aliphatic heterocycles. The van der Waals surface area contributed by atoms with E-state index in [1.54, 1.807) is 50.2 Å². The van der Waals surface area contributed by atoms with Crippen LogP contribution >= 0.6 is 23.2 Å². The molecule has 3 N–H and O–H groups in total. The number of nitrogens with one attached hydrogen (secondary N) is 1. The van der Waals surface area contributed by atoms with Crippen LogP contribution in [0.4, 0.5) is 17.1 Å². The number of carbonyl (C=O) groups excluding carboxylic acids is 1. The summed E-state index contributed by atoms with van der Waals surface area (Å²) in [6.07, 6.45) is 0. The molecule has 0 atom stereocenters. The van der Waals surface area contributed by atoms with E-state index < -0.39 is 26.7 Å². The third-order valence-corrected chi connectivity index (χ3v) is 7.03. The predicted molar refractivity (Wildman–Crippen MR) is 146 cm³/mol. The van der Waals surface area contributed by atoms with Gasteiger partial charge < -0.3 is 15.2 Å². The molecular formula is C26H21Cl2N3O6S. The molecule has 196 valence electrons. The number of phenolic OH excluding ortho intramolecular Hbond substituents is 1. The number of fused-ring (bicyclic) bond motifs is 1. The number of nitrogens with zero attached hydrogens (tertiary/aromatic N) is 2. The quantitative estimate of drug-likeness (QED) is 0.155. The zero-order valence-electron chi connectivity index (χ0n) is 20.1. The molecule has 0 fully saturated rings. The van der Waals surface area contributed by atoms with Gasteiger partial charge >= 0.3 is 0 Å². The summed E-state index contributed by atoms with van der Waals surface area (Å²) >= 11 is 12.2. The minimum atomic E-state index is -4.56. The lowest BCUT2D eigenvalue weighted by atomic mass is 10.0. The Bertz CT molecular complexity index is 1710. The highest BCUT2D eigenvalue weighted by atomic mass is 35.5. The van der Waals surface area contributed by atoms with Crippen LogP contribution in [0.15, 0.2) is 75.8 Å². The summed E-state index contributed by atoms with van der Waals surface area (Å²) in [7, 11) is -4.56. The Morgan fingerprint density at radius 1 is 1.05 bits per heavy atom. The van der Waals surface area contributed by atoms with Gasteiger partial charge in [0.1, 0.15) is 11.4 Å². The molecule has 0 saturated heterocycles. The molecular weight excluding hydrogens is 553 g/mol. The first kappa shape index (κ1) is 27.3. The number of aromatic hydroxyl groups is 1. The van der Waals surface area contributed by atoms with Gasteiger partial charge in [0.05, 0.1) is 28.4 Å². The van der Waals surface area contributed by atoms with Crippen LogP contribution in [0.2, 0.25) is 10.0 Å². The van der Waals surface area contributed by atoms with Crippen molar-refractivity contribution in [2.24, 2.45) is 10.2 Å². The van der Waals surface area contributed by atoms with Gasteiger partial charge in [0.15, 0.2) is 5.75 Å². The van der Waals surface area contributed by atoms with E-state index in [-0.39, 0.29) is 22.0 Å². The number of amides is 1. The summed E-state index contributed by atoms with van der Waals surface area (Å²) in [4.78, 5) is 12.8. The maximum atomic E-state index is 13.3. The van der Waals surface area contributed by atoms with Crippen LogP contribution in [0.1, 0.15) is 22.8 Å². The van der Waals surface area contributed by atoms with Crippen molar-refractivity contribution in [1.82, 2.24) is 0 Å². The second-order valence-corrected chi connectivity index (χ2v) is 10.4.